The lowest BCUT2D eigenvalue weighted by molar-refractivity contribution is -0.175. The van der Waals surface area contributed by atoms with E-state index in [1.54, 1.807) is 20.9 Å². The molecule has 1 amide bonds. The van der Waals surface area contributed by atoms with Crippen LogP contribution in [0.4, 0.5) is 0 Å². The summed E-state index contributed by atoms with van der Waals surface area (Å²) in [4.78, 5) is 28.5. The van der Waals surface area contributed by atoms with Gasteiger partial charge in [0.25, 0.3) is 5.91 Å². The number of hydrogen-bond acceptors (Lipinski definition) is 3. The molecule has 2 aliphatic carbocycles. The van der Waals surface area contributed by atoms with Crippen LogP contribution in [0.5, 0.6) is 0 Å². The van der Waals surface area contributed by atoms with Gasteiger partial charge in [-0.25, -0.2) is 5.06 Å². The van der Waals surface area contributed by atoms with E-state index >= 15 is 0 Å². The van der Waals surface area contributed by atoms with Crippen molar-refractivity contribution >= 4 is 23.0 Å². The molecule has 0 atom stereocenters. The fourth-order valence-corrected chi connectivity index (χ4v) is 4.46. The third-order valence-corrected chi connectivity index (χ3v) is 6.64. The second-order valence-electron chi connectivity index (χ2n) is 9.50. The standard InChI is InChI=1S/C15H19NO2.C13H14O2/c1-15(2,14(17)16(3)18-4)13-10-9-11-7-5-6-8-12(11)13;1-13(2,12(14)15)11-8-7-9-5-3-4-6-10(9)11/h5-8,10H,9H2,1-4H3;3-6,8H,7H2,1-2H3,(H,14,15). The zero-order valence-electron chi connectivity index (χ0n) is 20.3. The van der Waals surface area contributed by atoms with Crippen LogP contribution in [0.2, 0.25) is 0 Å². The molecular formula is C28H33NO4. The smallest absolute Gasteiger partial charge is 0.313 e. The van der Waals surface area contributed by atoms with Gasteiger partial charge in [-0.3, -0.25) is 14.4 Å². The Morgan fingerprint density at radius 3 is 1.67 bits per heavy atom. The first-order valence-corrected chi connectivity index (χ1v) is 11.1. The normalized spacial score (nSPS) is 14.4. The van der Waals surface area contributed by atoms with Gasteiger partial charge >= 0.3 is 5.97 Å². The van der Waals surface area contributed by atoms with Gasteiger partial charge in [-0.1, -0.05) is 60.7 Å². The summed E-state index contributed by atoms with van der Waals surface area (Å²) in [5, 5.41) is 10.5. The van der Waals surface area contributed by atoms with Crippen LogP contribution in [0.25, 0.3) is 11.1 Å². The van der Waals surface area contributed by atoms with Gasteiger partial charge in [-0.2, -0.15) is 0 Å². The second kappa shape index (κ2) is 9.36. The van der Waals surface area contributed by atoms with Gasteiger partial charge in [-0.15, -0.1) is 0 Å². The minimum atomic E-state index is -0.799. The predicted octanol–water partition coefficient (Wildman–Crippen LogP) is 5.41. The first kappa shape index (κ1) is 24.5. The topological polar surface area (TPSA) is 66.8 Å². The number of carboxylic acid groups (broad SMARTS) is 1. The molecule has 0 heterocycles. The maximum atomic E-state index is 12.4. The summed E-state index contributed by atoms with van der Waals surface area (Å²) in [5.74, 6) is -0.807. The average Bonchev–Trinajstić information content (AvgIpc) is 3.43. The van der Waals surface area contributed by atoms with E-state index in [0.717, 1.165) is 29.6 Å². The molecule has 5 nitrogen and oxygen atoms in total. The number of fused-ring (bicyclic) bond motifs is 2. The van der Waals surface area contributed by atoms with Crippen LogP contribution in [-0.4, -0.2) is 36.2 Å². The number of hydroxylamine groups is 2. The number of nitrogens with zero attached hydrogens (tertiary/aromatic N) is 1. The number of aliphatic carboxylic acids is 1. The summed E-state index contributed by atoms with van der Waals surface area (Å²) in [5.41, 5.74) is 5.43. The zero-order chi connectivity index (χ0) is 24.4. The maximum Gasteiger partial charge on any atom is 0.313 e. The molecule has 0 bridgehead atoms. The van der Waals surface area contributed by atoms with Crippen LogP contribution in [0.3, 0.4) is 0 Å². The van der Waals surface area contributed by atoms with Crippen molar-refractivity contribution in [1.29, 1.82) is 0 Å². The average molecular weight is 448 g/mol. The van der Waals surface area contributed by atoms with Crippen LogP contribution in [0.1, 0.15) is 49.9 Å². The number of carbonyl (C=O) groups is 2. The van der Waals surface area contributed by atoms with E-state index in [-0.39, 0.29) is 5.91 Å². The first-order chi connectivity index (χ1) is 15.5. The van der Waals surface area contributed by atoms with E-state index in [2.05, 4.69) is 24.3 Å². The second-order valence-corrected chi connectivity index (χ2v) is 9.50. The highest BCUT2D eigenvalue weighted by molar-refractivity contribution is 5.96. The maximum absolute atomic E-state index is 12.4. The zero-order valence-corrected chi connectivity index (χ0v) is 20.3. The molecule has 1 N–H and O–H groups in total. The molecule has 0 fully saturated rings. The Morgan fingerprint density at radius 2 is 1.24 bits per heavy atom. The van der Waals surface area contributed by atoms with Gasteiger partial charge < -0.3 is 5.11 Å². The Morgan fingerprint density at radius 1 is 0.818 bits per heavy atom. The highest BCUT2D eigenvalue weighted by Crippen LogP contribution is 2.42. The van der Waals surface area contributed by atoms with Crippen LogP contribution in [0, 0.1) is 10.8 Å². The number of hydrogen-bond donors (Lipinski definition) is 1. The van der Waals surface area contributed by atoms with Gasteiger partial charge in [0.05, 0.1) is 17.9 Å². The third kappa shape index (κ3) is 4.64. The molecule has 4 rings (SSSR count). The first-order valence-electron chi connectivity index (χ1n) is 11.1. The van der Waals surface area contributed by atoms with Gasteiger partial charge in [-0.05, 0) is 73.9 Å². The van der Waals surface area contributed by atoms with E-state index in [9.17, 15) is 14.7 Å². The minimum absolute atomic E-state index is 0.0343. The lowest BCUT2D eigenvalue weighted by Crippen LogP contribution is -2.38. The molecule has 2 aromatic rings. The van der Waals surface area contributed by atoms with Gasteiger partial charge in [0.15, 0.2) is 0 Å². The van der Waals surface area contributed by atoms with E-state index in [4.69, 9.17) is 4.84 Å². The molecular weight excluding hydrogens is 414 g/mol. The number of carboxylic acids is 1. The molecule has 33 heavy (non-hydrogen) atoms. The van der Waals surface area contributed by atoms with Gasteiger partial charge in [0, 0.05) is 7.05 Å². The molecule has 0 spiro atoms. The minimum Gasteiger partial charge on any atom is -0.481 e. The fourth-order valence-electron chi connectivity index (χ4n) is 4.46. The molecule has 0 saturated carbocycles. The van der Waals surface area contributed by atoms with E-state index in [0.29, 0.717) is 0 Å². The van der Waals surface area contributed by atoms with Crippen molar-refractivity contribution in [3.63, 3.8) is 0 Å². The highest BCUT2D eigenvalue weighted by Gasteiger charge is 2.37. The Labute approximate surface area is 196 Å². The fraction of sp³-hybridized carbons (Fsp3) is 0.357. The van der Waals surface area contributed by atoms with Crippen LogP contribution in [-0.2, 0) is 27.3 Å². The van der Waals surface area contributed by atoms with Crippen molar-refractivity contribution in [3.05, 3.63) is 82.9 Å². The van der Waals surface area contributed by atoms with E-state index in [1.807, 2.05) is 50.3 Å². The summed E-state index contributed by atoms with van der Waals surface area (Å²) in [7, 11) is 3.15. The van der Waals surface area contributed by atoms with Crippen LogP contribution >= 0.6 is 0 Å². The lowest BCUT2D eigenvalue weighted by atomic mass is 9.80. The Bertz CT molecular complexity index is 1120. The quantitative estimate of drug-likeness (QED) is 0.623. The van der Waals surface area contributed by atoms with Crippen molar-refractivity contribution in [1.82, 2.24) is 5.06 Å². The van der Waals surface area contributed by atoms with Crippen molar-refractivity contribution < 1.29 is 19.5 Å². The monoisotopic (exact) mass is 447 g/mol. The molecule has 0 aliphatic heterocycles. The molecule has 0 saturated heterocycles. The summed E-state index contributed by atoms with van der Waals surface area (Å²) in [6.45, 7) is 7.39. The number of allylic oxidation sites excluding steroid dienone is 2. The van der Waals surface area contributed by atoms with Crippen molar-refractivity contribution in [2.75, 3.05) is 14.2 Å². The molecule has 0 radical (unpaired) electrons. The van der Waals surface area contributed by atoms with Crippen molar-refractivity contribution in [2.45, 2.75) is 40.5 Å². The Hall–Kier alpha value is -3.18. The van der Waals surface area contributed by atoms with Crippen LogP contribution in [0.15, 0.2) is 60.7 Å². The summed E-state index contributed by atoms with van der Waals surface area (Å²) < 4.78 is 0. The number of rotatable bonds is 5. The van der Waals surface area contributed by atoms with Crippen LogP contribution < -0.4 is 0 Å². The number of benzene rings is 2. The highest BCUT2D eigenvalue weighted by atomic mass is 16.7. The SMILES string of the molecule is CC(C)(C(=O)O)C1=CCc2ccccc21.CON(C)C(=O)C(C)(C)C1=CCc2ccccc21. The Kier molecular flexibility index (Phi) is 6.94. The summed E-state index contributed by atoms with van der Waals surface area (Å²) in [6, 6.07) is 16.2. The third-order valence-electron chi connectivity index (χ3n) is 6.64. The summed E-state index contributed by atoms with van der Waals surface area (Å²) >= 11 is 0. The van der Waals surface area contributed by atoms with E-state index in [1.165, 1.54) is 28.9 Å². The van der Waals surface area contributed by atoms with Gasteiger partial charge in [0.2, 0.25) is 0 Å². The predicted molar refractivity (Wildman–Crippen MR) is 131 cm³/mol. The van der Waals surface area contributed by atoms with Crippen molar-refractivity contribution in [3.8, 4) is 0 Å². The Balaban J connectivity index is 0.000000189. The van der Waals surface area contributed by atoms with E-state index < -0.39 is 16.8 Å². The number of amides is 1. The molecule has 0 unspecified atom stereocenters. The molecule has 2 aromatic carbocycles. The molecule has 2 aliphatic rings. The number of carbonyl (C=O) groups excluding carboxylic acids is 1. The van der Waals surface area contributed by atoms with Crippen molar-refractivity contribution in [2.24, 2.45) is 10.8 Å². The molecule has 5 heteroatoms. The lowest BCUT2D eigenvalue weighted by Gasteiger charge is -2.29. The largest absolute Gasteiger partial charge is 0.481 e. The molecule has 174 valence electrons. The summed E-state index contributed by atoms with van der Waals surface area (Å²) in [6.07, 6.45) is 5.92. The van der Waals surface area contributed by atoms with Gasteiger partial charge in [0.1, 0.15) is 0 Å². The molecule has 0 aromatic heterocycles.